The van der Waals surface area contributed by atoms with E-state index in [1.165, 1.54) is 12.1 Å². The Morgan fingerprint density at radius 2 is 1.80 bits per heavy atom. The third kappa shape index (κ3) is 4.50. The van der Waals surface area contributed by atoms with E-state index in [1.54, 1.807) is 0 Å². The number of hydrogen-bond donors (Lipinski definition) is 2. The molecule has 2 aromatic rings. The highest BCUT2D eigenvalue weighted by Crippen LogP contribution is 2.23. The van der Waals surface area contributed by atoms with Gasteiger partial charge in [0.1, 0.15) is 5.82 Å². The molecule has 2 N–H and O–H groups in total. The predicted molar refractivity (Wildman–Crippen MR) is 81.8 cm³/mol. The first-order valence-corrected chi connectivity index (χ1v) is 7.13. The lowest BCUT2D eigenvalue weighted by atomic mass is 10.0. The van der Waals surface area contributed by atoms with E-state index >= 15 is 0 Å². The number of methoxy groups -OCH3 is 1. The number of halogens is 3. The second-order valence-electron chi connectivity index (χ2n) is 5.15. The van der Waals surface area contributed by atoms with Crippen molar-refractivity contribution >= 4 is 11.9 Å². The van der Waals surface area contributed by atoms with Crippen LogP contribution < -0.4 is 10.1 Å². The SMILES string of the molecule is COc1cc(C(=O)NC(CC(=O)O)c2ccc(F)cc2)cc(F)c1F. The quantitative estimate of drug-likeness (QED) is 0.837. The van der Waals surface area contributed by atoms with Gasteiger partial charge in [0.25, 0.3) is 5.91 Å². The lowest BCUT2D eigenvalue weighted by Crippen LogP contribution is -2.30. The number of benzene rings is 2. The second kappa shape index (κ2) is 7.69. The third-order valence-corrected chi connectivity index (χ3v) is 3.43. The van der Waals surface area contributed by atoms with E-state index in [-0.39, 0.29) is 5.56 Å². The highest BCUT2D eigenvalue weighted by atomic mass is 19.2. The van der Waals surface area contributed by atoms with Gasteiger partial charge in [-0.05, 0) is 29.8 Å². The van der Waals surface area contributed by atoms with Crippen molar-refractivity contribution in [2.24, 2.45) is 0 Å². The number of carboxylic acid groups (broad SMARTS) is 1. The molecule has 0 aliphatic rings. The number of aliphatic carboxylic acids is 1. The lowest BCUT2D eigenvalue weighted by Gasteiger charge is -2.18. The fraction of sp³-hybridized carbons (Fsp3) is 0.176. The minimum absolute atomic E-state index is 0.242. The largest absolute Gasteiger partial charge is 0.494 e. The topological polar surface area (TPSA) is 75.6 Å². The molecule has 1 amide bonds. The van der Waals surface area contributed by atoms with E-state index in [0.29, 0.717) is 11.6 Å². The fourth-order valence-electron chi connectivity index (χ4n) is 2.21. The molecule has 0 bridgehead atoms. The number of carbonyl (C=O) groups is 2. The summed E-state index contributed by atoms with van der Waals surface area (Å²) in [5, 5.41) is 11.4. The molecule has 5 nitrogen and oxygen atoms in total. The van der Waals surface area contributed by atoms with Gasteiger partial charge in [-0.25, -0.2) is 8.78 Å². The van der Waals surface area contributed by atoms with E-state index in [9.17, 15) is 22.8 Å². The molecule has 8 heteroatoms. The third-order valence-electron chi connectivity index (χ3n) is 3.43. The van der Waals surface area contributed by atoms with Crippen LogP contribution >= 0.6 is 0 Å². The standard InChI is InChI=1S/C17H14F3NO4/c1-25-14-7-10(6-12(19)16(14)20)17(24)21-13(8-15(22)23)9-2-4-11(18)5-3-9/h2-7,13H,8H2,1H3,(H,21,24)(H,22,23). The van der Waals surface area contributed by atoms with E-state index in [4.69, 9.17) is 5.11 Å². The molecule has 1 atom stereocenters. The number of carbonyl (C=O) groups excluding carboxylic acids is 1. The molecule has 0 spiro atoms. The van der Waals surface area contributed by atoms with Crippen LogP contribution in [0, 0.1) is 17.5 Å². The van der Waals surface area contributed by atoms with Gasteiger partial charge in [0.15, 0.2) is 11.6 Å². The Balaban J connectivity index is 2.29. The van der Waals surface area contributed by atoms with Crippen molar-refractivity contribution in [2.75, 3.05) is 7.11 Å². The molecular weight excluding hydrogens is 339 g/mol. The van der Waals surface area contributed by atoms with Crippen molar-refractivity contribution in [1.29, 1.82) is 0 Å². The first kappa shape index (κ1) is 18.3. The van der Waals surface area contributed by atoms with Gasteiger partial charge < -0.3 is 15.2 Å². The molecule has 2 aromatic carbocycles. The van der Waals surface area contributed by atoms with Gasteiger partial charge in [-0.15, -0.1) is 0 Å². The number of ether oxygens (including phenoxy) is 1. The summed E-state index contributed by atoms with van der Waals surface area (Å²) in [5.74, 6) is -5.51. The Labute approximate surface area is 141 Å². The predicted octanol–water partition coefficient (Wildman–Crippen LogP) is 3.06. The summed E-state index contributed by atoms with van der Waals surface area (Å²) in [4.78, 5) is 23.3. The molecule has 0 fully saturated rings. The number of hydrogen-bond acceptors (Lipinski definition) is 3. The molecule has 2 rings (SSSR count). The summed E-state index contributed by atoms with van der Waals surface area (Å²) in [6.45, 7) is 0. The molecule has 0 aromatic heterocycles. The number of carboxylic acids is 1. The summed E-state index contributed by atoms with van der Waals surface area (Å²) >= 11 is 0. The lowest BCUT2D eigenvalue weighted by molar-refractivity contribution is -0.137. The van der Waals surface area contributed by atoms with Crippen LogP contribution in [0.25, 0.3) is 0 Å². The normalized spacial score (nSPS) is 11.7. The van der Waals surface area contributed by atoms with Crippen molar-refractivity contribution < 1.29 is 32.6 Å². The molecular formula is C17H14F3NO4. The van der Waals surface area contributed by atoms with Crippen LogP contribution in [0.3, 0.4) is 0 Å². The molecule has 132 valence electrons. The zero-order chi connectivity index (χ0) is 18.6. The zero-order valence-corrected chi connectivity index (χ0v) is 13.1. The smallest absolute Gasteiger partial charge is 0.305 e. The zero-order valence-electron chi connectivity index (χ0n) is 13.1. The first-order valence-electron chi connectivity index (χ1n) is 7.13. The van der Waals surface area contributed by atoms with Crippen LogP contribution in [0.4, 0.5) is 13.2 Å². The van der Waals surface area contributed by atoms with Gasteiger partial charge in [-0.3, -0.25) is 9.59 Å². The van der Waals surface area contributed by atoms with Gasteiger partial charge in [-0.1, -0.05) is 12.1 Å². The molecule has 0 saturated heterocycles. The average Bonchev–Trinajstić information content (AvgIpc) is 2.56. The van der Waals surface area contributed by atoms with E-state index in [1.807, 2.05) is 0 Å². The molecule has 25 heavy (non-hydrogen) atoms. The van der Waals surface area contributed by atoms with Crippen LogP contribution in [0.5, 0.6) is 5.75 Å². The molecule has 0 radical (unpaired) electrons. The number of rotatable bonds is 6. The van der Waals surface area contributed by atoms with Crippen LogP contribution in [0.15, 0.2) is 36.4 Å². The molecule has 0 heterocycles. The summed E-state index contributed by atoms with van der Waals surface area (Å²) in [6.07, 6.45) is -0.474. The monoisotopic (exact) mass is 353 g/mol. The number of nitrogens with one attached hydrogen (secondary N) is 1. The van der Waals surface area contributed by atoms with E-state index in [0.717, 1.165) is 25.3 Å². The Hall–Kier alpha value is -3.03. The summed E-state index contributed by atoms with van der Waals surface area (Å²) < 4.78 is 44.6. The van der Waals surface area contributed by atoms with E-state index in [2.05, 4.69) is 10.1 Å². The van der Waals surface area contributed by atoms with Crippen LogP contribution in [0.1, 0.15) is 28.4 Å². The van der Waals surface area contributed by atoms with Crippen LogP contribution in [-0.2, 0) is 4.79 Å². The van der Waals surface area contributed by atoms with Gasteiger partial charge in [-0.2, -0.15) is 4.39 Å². The van der Waals surface area contributed by atoms with Gasteiger partial charge >= 0.3 is 5.97 Å². The van der Waals surface area contributed by atoms with Crippen molar-refractivity contribution in [3.05, 3.63) is 65.0 Å². The maximum atomic E-state index is 13.5. The Kier molecular flexibility index (Phi) is 5.63. The summed E-state index contributed by atoms with van der Waals surface area (Å²) in [6, 6.07) is 5.59. The molecule has 0 aliphatic carbocycles. The summed E-state index contributed by atoms with van der Waals surface area (Å²) in [7, 11) is 1.12. The average molecular weight is 353 g/mol. The Bertz CT molecular complexity index is 793. The highest BCUT2D eigenvalue weighted by molar-refractivity contribution is 5.95. The Morgan fingerprint density at radius 3 is 2.36 bits per heavy atom. The molecule has 0 aliphatic heterocycles. The van der Waals surface area contributed by atoms with Crippen molar-refractivity contribution in [3.8, 4) is 5.75 Å². The van der Waals surface area contributed by atoms with Gasteiger partial charge in [0.05, 0.1) is 19.6 Å². The number of amides is 1. The maximum absolute atomic E-state index is 13.5. The van der Waals surface area contributed by atoms with Gasteiger partial charge in [0.2, 0.25) is 5.82 Å². The molecule has 1 unspecified atom stereocenters. The minimum atomic E-state index is -1.28. The second-order valence-corrected chi connectivity index (χ2v) is 5.15. The van der Waals surface area contributed by atoms with Crippen molar-refractivity contribution in [1.82, 2.24) is 5.32 Å². The summed E-state index contributed by atoms with van der Waals surface area (Å²) in [5.41, 5.74) is 0.111. The minimum Gasteiger partial charge on any atom is -0.494 e. The molecule has 0 saturated carbocycles. The maximum Gasteiger partial charge on any atom is 0.305 e. The van der Waals surface area contributed by atoms with Gasteiger partial charge in [0, 0.05) is 5.56 Å². The Morgan fingerprint density at radius 1 is 1.16 bits per heavy atom. The van der Waals surface area contributed by atoms with Crippen molar-refractivity contribution in [3.63, 3.8) is 0 Å². The van der Waals surface area contributed by atoms with Crippen LogP contribution in [0.2, 0.25) is 0 Å². The van der Waals surface area contributed by atoms with Crippen LogP contribution in [-0.4, -0.2) is 24.1 Å². The highest BCUT2D eigenvalue weighted by Gasteiger charge is 2.21. The fourth-order valence-corrected chi connectivity index (χ4v) is 2.21. The van der Waals surface area contributed by atoms with Crippen molar-refractivity contribution in [2.45, 2.75) is 12.5 Å². The first-order chi connectivity index (χ1) is 11.8. The van der Waals surface area contributed by atoms with E-state index < -0.39 is 47.5 Å².